The van der Waals surface area contributed by atoms with E-state index in [-0.39, 0.29) is 17.9 Å². The molecule has 0 radical (unpaired) electrons. The van der Waals surface area contributed by atoms with Gasteiger partial charge in [-0.3, -0.25) is 14.5 Å². The van der Waals surface area contributed by atoms with E-state index >= 15 is 0 Å². The lowest BCUT2D eigenvalue weighted by Crippen LogP contribution is -2.45. The molecule has 1 aliphatic heterocycles. The largest absolute Gasteiger partial charge is 0.390 e. The second kappa shape index (κ2) is 4.17. The van der Waals surface area contributed by atoms with Gasteiger partial charge in [-0.2, -0.15) is 0 Å². The fourth-order valence-corrected chi connectivity index (χ4v) is 3.02. The van der Waals surface area contributed by atoms with Crippen LogP contribution in [0.2, 0.25) is 0 Å². The number of rotatable bonds is 1. The fourth-order valence-electron chi connectivity index (χ4n) is 3.02. The van der Waals surface area contributed by atoms with E-state index in [0.29, 0.717) is 36.8 Å². The zero-order valence-electron chi connectivity index (χ0n) is 10.9. The average Bonchev–Trinajstić information content (AvgIpc) is 2.64. The summed E-state index contributed by atoms with van der Waals surface area (Å²) in [7, 11) is 0. The predicted octanol–water partition coefficient (Wildman–Crippen LogP) is 1.98. The number of carbonyl (C=O) groups is 2. The van der Waals surface area contributed by atoms with Crippen LogP contribution in [0.4, 0.5) is 0 Å². The van der Waals surface area contributed by atoms with Crippen LogP contribution in [-0.4, -0.2) is 33.5 Å². The van der Waals surface area contributed by atoms with Gasteiger partial charge in [0.15, 0.2) is 0 Å². The Labute approximate surface area is 112 Å². The van der Waals surface area contributed by atoms with Crippen LogP contribution in [-0.2, 0) is 0 Å². The number of amides is 2. The first-order chi connectivity index (χ1) is 8.99. The molecule has 1 N–H and O–H groups in total. The van der Waals surface area contributed by atoms with Gasteiger partial charge in [-0.25, -0.2) is 0 Å². The Bertz CT molecular complexity index is 505. The quantitative estimate of drug-likeness (QED) is 0.784. The molecule has 0 aromatic heterocycles. The molecule has 1 aromatic rings. The van der Waals surface area contributed by atoms with E-state index in [2.05, 4.69) is 0 Å². The number of hydrogen-bond acceptors (Lipinski definition) is 3. The van der Waals surface area contributed by atoms with E-state index in [1.807, 2.05) is 6.92 Å². The molecule has 2 amide bonds. The van der Waals surface area contributed by atoms with Gasteiger partial charge in [0.2, 0.25) is 0 Å². The van der Waals surface area contributed by atoms with Gasteiger partial charge in [0.1, 0.15) is 0 Å². The monoisotopic (exact) mass is 259 g/mol. The number of carbonyl (C=O) groups excluding carboxylic acids is 2. The SMILES string of the molecule is CC1(O)CCC(N2C(=O)c3ccccc3C2=O)CC1. The molecule has 1 fully saturated rings. The summed E-state index contributed by atoms with van der Waals surface area (Å²) in [6.45, 7) is 1.81. The number of nitrogens with zero attached hydrogens (tertiary/aromatic N) is 1. The standard InChI is InChI=1S/C15H17NO3/c1-15(19)8-6-10(7-9-15)16-13(17)11-4-2-3-5-12(11)14(16)18/h2-5,10,19H,6-9H2,1H3. The van der Waals surface area contributed by atoms with Crippen LogP contribution in [0, 0.1) is 0 Å². The Morgan fingerprint density at radius 3 is 2.05 bits per heavy atom. The summed E-state index contributed by atoms with van der Waals surface area (Å²) in [4.78, 5) is 26.0. The summed E-state index contributed by atoms with van der Waals surface area (Å²) in [5, 5.41) is 9.95. The minimum Gasteiger partial charge on any atom is -0.390 e. The summed E-state index contributed by atoms with van der Waals surface area (Å²) in [6.07, 6.45) is 2.62. The van der Waals surface area contributed by atoms with Crippen molar-refractivity contribution in [3.05, 3.63) is 35.4 Å². The first kappa shape index (κ1) is 12.4. The number of benzene rings is 1. The maximum absolute atomic E-state index is 12.3. The molecule has 3 rings (SSSR count). The van der Waals surface area contributed by atoms with Crippen molar-refractivity contribution >= 4 is 11.8 Å². The molecule has 1 heterocycles. The normalized spacial score (nSPS) is 30.6. The minimum atomic E-state index is -0.658. The highest BCUT2D eigenvalue weighted by atomic mass is 16.3. The van der Waals surface area contributed by atoms with Crippen molar-refractivity contribution in [3.8, 4) is 0 Å². The zero-order valence-corrected chi connectivity index (χ0v) is 10.9. The third-order valence-electron chi connectivity index (χ3n) is 4.22. The molecule has 100 valence electrons. The van der Waals surface area contributed by atoms with Crippen LogP contribution >= 0.6 is 0 Å². The second-order valence-corrected chi connectivity index (χ2v) is 5.75. The third-order valence-corrected chi connectivity index (χ3v) is 4.22. The molecule has 1 aromatic carbocycles. The van der Waals surface area contributed by atoms with Gasteiger partial charge >= 0.3 is 0 Å². The van der Waals surface area contributed by atoms with E-state index in [4.69, 9.17) is 0 Å². The Balaban J connectivity index is 1.85. The number of hydrogen-bond donors (Lipinski definition) is 1. The highest BCUT2D eigenvalue weighted by Gasteiger charge is 2.42. The molecule has 0 unspecified atom stereocenters. The lowest BCUT2D eigenvalue weighted by atomic mass is 9.83. The molecule has 0 spiro atoms. The second-order valence-electron chi connectivity index (χ2n) is 5.75. The number of aliphatic hydroxyl groups is 1. The van der Waals surface area contributed by atoms with E-state index in [0.717, 1.165) is 0 Å². The lowest BCUT2D eigenvalue weighted by Gasteiger charge is -2.36. The minimum absolute atomic E-state index is 0.0763. The maximum Gasteiger partial charge on any atom is 0.261 e. The van der Waals surface area contributed by atoms with Crippen molar-refractivity contribution in [3.63, 3.8) is 0 Å². The molecular weight excluding hydrogens is 242 g/mol. The van der Waals surface area contributed by atoms with E-state index in [1.54, 1.807) is 24.3 Å². The Morgan fingerprint density at radius 1 is 1.11 bits per heavy atom. The van der Waals surface area contributed by atoms with Crippen LogP contribution in [0.25, 0.3) is 0 Å². The van der Waals surface area contributed by atoms with Crippen molar-refractivity contribution in [2.75, 3.05) is 0 Å². The van der Waals surface area contributed by atoms with Crippen LogP contribution in [0.5, 0.6) is 0 Å². The topological polar surface area (TPSA) is 57.6 Å². The van der Waals surface area contributed by atoms with E-state index in [9.17, 15) is 14.7 Å². The van der Waals surface area contributed by atoms with Crippen LogP contribution < -0.4 is 0 Å². The van der Waals surface area contributed by atoms with Crippen molar-refractivity contribution < 1.29 is 14.7 Å². The summed E-state index contributed by atoms with van der Waals surface area (Å²) in [5.41, 5.74) is 0.351. The highest BCUT2D eigenvalue weighted by molar-refractivity contribution is 6.21. The summed E-state index contributed by atoms with van der Waals surface area (Å²) in [5.74, 6) is -0.376. The molecule has 19 heavy (non-hydrogen) atoms. The van der Waals surface area contributed by atoms with E-state index < -0.39 is 5.60 Å². The van der Waals surface area contributed by atoms with Gasteiger partial charge in [-0.05, 0) is 44.7 Å². The fraction of sp³-hybridized carbons (Fsp3) is 0.467. The summed E-state index contributed by atoms with van der Waals surface area (Å²) >= 11 is 0. The van der Waals surface area contributed by atoms with Gasteiger partial charge in [0, 0.05) is 6.04 Å². The molecule has 4 heteroatoms. The molecule has 4 nitrogen and oxygen atoms in total. The number of imide groups is 1. The first-order valence-corrected chi connectivity index (χ1v) is 6.69. The smallest absolute Gasteiger partial charge is 0.261 e. The van der Waals surface area contributed by atoms with Crippen molar-refractivity contribution in [1.29, 1.82) is 0 Å². The van der Waals surface area contributed by atoms with Crippen LogP contribution in [0.3, 0.4) is 0 Å². The lowest BCUT2D eigenvalue weighted by molar-refractivity contribution is -0.00120. The van der Waals surface area contributed by atoms with Gasteiger partial charge in [0.25, 0.3) is 11.8 Å². The third kappa shape index (κ3) is 1.96. The van der Waals surface area contributed by atoms with Crippen LogP contribution in [0.15, 0.2) is 24.3 Å². The maximum atomic E-state index is 12.3. The van der Waals surface area contributed by atoms with Crippen molar-refractivity contribution in [2.45, 2.75) is 44.2 Å². The summed E-state index contributed by atoms with van der Waals surface area (Å²) in [6, 6.07) is 6.88. The Kier molecular flexibility index (Phi) is 2.71. The zero-order chi connectivity index (χ0) is 13.6. The molecule has 1 aliphatic carbocycles. The van der Waals surface area contributed by atoms with Gasteiger partial charge in [-0.15, -0.1) is 0 Å². The molecular formula is C15H17NO3. The van der Waals surface area contributed by atoms with Crippen LogP contribution in [0.1, 0.15) is 53.3 Å². The van der Waals surface area contributed by atoms with Gasteiger partial charge in [-0.1, -0.05) is 12.1 Å². The Hall–Kier alpha value is -1.68. The first-order valence-electron chi connectivity index (χ1n) is 6.69. The summed E-state index contributed by atoms with van der Waals surface area (Å²) < 4.78 is 0. The average molecular weight is 259 g/mol. The number of fused-ring (bicyclic) bond motifs is 1. The van der Waals surface area contributed by atoms with Gasteiger partial charge in [0.05, 0.1) is 16.7 Å². The molecule has 0 atom stereocenters. The Morgan fingerprint density at radius 2 is 1.58 bits per heavy atom. The molecule has 1 saturated carbocycles. The molecule has 0 bridgehead atoms. The predicted molar refractivity (Wildman–Crippen MR) is 69.8 cm³/mol. The molecule has 2 aliphatic rings. The molecule has 0 saturated heterocycles. The van der Waals surface area contributed by atoms with E-state index in [1.165, 1.54) is 4.90 Å². The highest BCUT2D eigenvalue weighted by Crippen LogP contribution is 2.34. The van der Waals surface area contributed by atoms with Crippen molar-refractivity contribution in [2.24, 2.45) is 0 Å². The van der Waals surface area contributed by atoms with Gasteiger partial charge < -0.3 is 5.11 Å². The van der Waals surface area contributed by atoms with Crippen molar-refractivity contribution in [1.82, 2.24) is 4.90 Å².